The number of hydrogen-bond donors (Lipinski definition) is 3. The molecule has 1 aliphatic heterocycles. The zero-order valence-corrected chi connectivity index (χ0v) is 14.8. The van der Waals surface area contributed by atoms with Crippen molar-refractivity contribution in [1.29, 1.82) is 5.41 Å². The van der Waals surface area contributed by atoms with Crippen molar-refractivity contribution in [3.63, 3.8) is 0 Å². The maximum absolute atomic E-state index is 11.0. The van der Waals surface area contributed by atoms with Crippen LogP contribution in [0.1, 0.15) is 17.2 Å². The molecule has 1 heterocycles. The molecule has 1 atom stereocenters. The normalized spacial score (nSPS) is 14.8. The maximum Gasteiger partial charge on any atom is 0.129 e. The minimum absolute atomic E-state index is 0.0187. The third kappa shape index (κ3) is 3.04. The van der Waals surface area contributed by atoms with Crippen LogP contribution in [0.15, 0.2) is 65.7 Å². The summed E-state index contributed by atoms with van der Waals surface area (Å²) in [7, 11) is 1.61. The lowest BCUT2D eigenvalue weighted by molar-refractivity contribution is 0.411. The smallest absolute Gasteiger partial charge is 0.129 e. The molecule has 0 amide bonds. The number of nitrogens with zero attached hydrogens (tertiary/aromatic N) is 1. The van der Waals surface area contributed by atoms with Crippen molar-refractivity contribution in [1.82, 2.24) is 0 Å². The van der Waals surface area contributed by atoms with Gasteiger partial charge in [0.2, 0.25) is 0 Å². The molecule has 5 nitrogen and oxygen atoms in total. The molecule has 4 N–H and O–H groups in total. The molecule has 1 aliphatic rings. The first-order valence-corrected chi connectivity index (χ1v) is 8.57. The summed E-state index contributed by atoms with van der Waals surface area (Å²) < 4.78 is 5.45. The van der Waals surface area contributed by atoms with Crippen molar-refractivity contribution in [2.45, 2.75) is 6.04 Å². The number of amidine groups is 1. The van der Waals surface area contributed by atoms with Gasteiger partial charge in [0.25, 0.3) is 0 Å². The van der Waals surface area contributed by atoms with Crippen molar-refractivity contribution in [2.75, 3.05) is 7.11 Å². The van der Waals surface area contributed by atoms with Crippen molar-refractivity contribution in [2.24, 2.45) is 10.7 Å². The molecule has 0 aliphatic carbocycles. The fourth-order valence-electron chi connectivity index (χ4n) is 3.30. The van der Waals surface area contributed by atoms with Crippen LogP contribution in [0.5, 0.6) is 11.5 Å². The number of hydrogen-bond acceptors (Lipinski definition) is 4. The molecule has 0 spiro atoms. The lowest BCUT2D eigenvalue weighted by Crippen LogP contribution is -2.24. The second-order valence-electron chi connectivity index (χ2n) is 6.41. The number of phenols is 1. The van der Waals surface area contributed by atoms with Crippen LogP contribution >= 0.6 is 0 Å². The minimum atomic E-state index is -0.334. The molecule has 4 rings (SSSR count). The first kappa shape index (κ1) is 16.8. The molecule has 0 saturated heterocycles. The summed E-state index contributed by atoms with van der Waals surface area (Å²) in [6, 6.07) is 18.5. The van der Waals surface area contributed by atoms with Gasteiger partial charge in [0.05, 0.1) is 18.5 Å². The van der Waals surface area contributed by atoms with E-state index in [-0.39, 0.29) is 17.6 Å². The van der Waals surface area contributed by atoms with Crippen molar-refractivity contribution < 1.29 is 9.84 Å². The number of benzene rings is 3. The average Bonchev–Trinajstić information content (AvgIpc) is 3.11. The van der Waals surface area contributed by atoms with E-state index in [1.54, 1.807) is 13.2 Å². The van der Waals surface area contributed by atoms with Crippen LogP contribution in [0.4, 0.5) is 0 Å². The molecular weight excluding hydrogens is 338 g/mol. The molecule has 134 valence electrons. The van der Waals surface area contributed by atoms with Crippen LogP contribution in [0.25, 0.3) is 17.2 Å². The molecule has 3 aromatic rings. The summed E-state index contributed by atoms with van der Waals surface area (Å²) in [4.78, 5) is 4.71. The molecule has 1 unspecified atom stereocenters. The van der Waals surface area contributed by atoms with Gasteiger partial charge in [-0.1, -0.05) is 30.3 Å². The molecule has 0 fully saturated rings. The Labute approximate surface area is 156 Å². The largest absolute Gasteiger partial charge is 0.507 e. The Bertz CT molecular complexity index is 1150. The number of methoxy groups -OCH3 is 1. The number of ether oxygens (including phenoxy) is 1. The molecule has 27 heavy (non-hydrogen) atoms. The fourth-order valence-corrected chi connectivity index (χ4v) is 3.30. The first-order chi connectivity index (χ1) is 13.1. The standard InChI is InChI=1S/C22H19N3O2/c1-27-16-11-17(13-5-3-2-4-6-13)21(26)18(12-16)20-10-15-9-14(22(23)24)7-8-19(15)25-20/h2-12,20,26H,1H3,(H3,23,24). The Hall–Kier alpha value is -3.60. The average molecular weight is 357 g/mol. The van der Waals surface area contributed by atoms with E-state index in [1.165, 1.54) is 0 Å². The van der Waals surface area contributed by atoms with Crippen LogP contribution in [-0.4, -0.2) is 18.1 Å². The Morgan fingerprint density at radius 1 is 1.11 bits per heavy atom. The quantitative estimate of drug-likeness (QED) is 0.495. The minimum Gasteiger partial charge on any atom is -0.507 e. The molecular formula is C22H19N3O2. The zero-order chi connectivity index (χ0) is 19.0. The fraction of sp³-hybridized carbons (Fsp3) is 0.0909. The highest BCUT2D eigenvalue weighted by molar-refractivity contribution is 5.94. The predicted molar refractivity (Wildman–Crippen MR) is 106 cm³/mol. The molecule has 0 aromatic heterocycles. The summed E-state index contributed by atoms with van der Waals surface area (Å²) >= 11 is 0. The topological polar surface area (TPSA) is 91.7 Å². The highest BCUT2D eigenvalue weighted by Crippen LogP contribution is 2.40. The highest BCUT2D eigenvalue weighted by atomic mass is 16.5. The number of rotatable bonds is 4. The second kappa shape index (κ2) is 6.61. The number of phenolic OH excluding ortho intramolecular Hbond substituents is 1. The highest BCUT2D eigenvalue weighted by Gasteiger charge is 2.20. The SMILES string of the molecule is COc1cc(-c2ccccc2)c(O)c(C2C=c3cc(C(=N)N)ccc3=N2)c1. The van der Waals surface area contributed by atoms with Crippen LogP contribution < -0.4 is 21.0 Å². The number of aromatic hydroxyl groups is 1. The van der Waals surface area contributed by atoms with Crippen molar-refractivity contribution in [3.8, 4) is 22.6 Å². The molecule has 5 heteroatoms. The van der Waals surface area contributed by atoms with Gasteiger partial charge in [-0.15, -0.1) is 0 Å². The van der Waals surface area contributed by atoms with Crippen LogP contribution in [0.3, 0.4) is 0 Å². The van der Waals surface area contributed by atoms with Gasteiger partial charge in [0, 0.05) is 16.7 Å². The van der Waals surface area contributed by atoms with Crippen molar-refractivity contribution in [3.05, 3.63) is 82.4 Å². The Morgan fingerprint density at radius 2 is 1.89 bits per heavy atom. The number of nitrogen functional groups attached to an aromatic ring is 1. The van der Waals surface area contributed by atoms with E-state index in [2.05, 4.69) is 0 Å². The summed E-state index contributed by atoms with van der Waals surface area (Å²) in [6.45, 7) is 0. The first-order valence-electron chi connectivity index (χ1n) is 8.57. The zero-order valence-electron chi connectivity index (χ0n) is 14.8. The Morgan fingerprint density at radius 3 is 2.59 bits per heavy atom. The van der Waals surface area contributed by atoms with Gasteiger partial charge < -0.3 is 15.6 Å². The summed E-state index contributed by atoms with van der Waals surface area (Å²) in [5.41, 5.74) is 8.52. The van der Waals surface area contributed by atoms with Crippen LogP contribution in [0, 0.1) is 5.41 Å². The van der Waals surface area contributed by atoms with E-state index in [4.69, 9.17) is 20.9 Å². The van der Waals surface area contributed by atoms with E-state index in [9.17, 15) is 5.11 Å². The third-order valence-corrected chi connectivity index (χ3v) is 4.71. The lowest BCUT2D eigenvalue weighted by atomic mass is 9.97. The number of nitrogens with one attached hydrogen (secondary N) is 1. The van der Waals surface area contributed by atoms with E-state index in [0.717, 1.165) is 16.1 Å². The van der Waals surface area contributed by atoms with E-state index < -0.39 is 0 Å². The van der Waals surface area contributed by atoms with Gasteiger partial charge in [0.1, 0.15) is 17.3 Å². The maximum atomic E-state index is 11.0. The van der Waals surface area contributed by atoms with Gasteiger partial charge >= 0.3 is 0 Å². The van der Waals surface area contributed by atoms with Gasteiger partial charge in [-0.05, 0) is 47.2 Å². The van der Waals surface area contributed by atoms with E-state index in [1.807, 2.05) is 60.7 Å². The van der Waals surface area contributed by atoms with E-state index >= 15 is 0 Å². The third-order valence-electron chi connectivity index (χ3n) is 4.71. The number of fused-ring (bicyclic) bond motifs is 1. The van der Waals surface area contributed by atoms with Gasteiger partial charge in [0.15, 0.2) is 0 Å². The summed E-state index contributed by atoms with van der Waals surface area (Å²) in [6.07, 6.45) is 1.96. The summed E-state index contributed by atoms with van der Waals surface area (Å²) in [5, 5.41) is 20.3. The Balaban J connectivity index is 1.86. The number of nitrogens with two attached hydrogens (primary N) is 1. The van der Waals surface area contributed by atoms with Crippen LogP contribution in [-0.2, 0) is 0 Å². The lowest BCUT2D eigenvalue weighted by Gasteiger charge is -2.15. The monoisotopic (exact) mass is 357 g/mol. The molecule has 0 radical (unpaired) electrons. The van der Waals surface area contributed by atoms with Crippen molar-refractivity contribution >= 4 is 11.9 Å². The van der Waals surface area contributed by atoms with E-state index in [0.29, 0.717) is 22.4 Å². The molecule has 0 saturated carbocycles. The predicted octanol–water partition coefficient (Wildman–Crippen LogP) is 2.51. The van der Waals surface area contributed by atoms with Gasteiger partial charge in [-0.3, -0.25) is 10.4 Å². The molecule has 3 aromatic carbocycles. The van der Waals surface area contributed by atoms with Gasteiger partial charge in [-0.2, -0.15) is 0 Å². The van der Waals surface area contributed by atoms with Crippen LogP contribution in [0.2, 0.25) is 0 Å². The van der Waals surface area contributed by atoms with Gasteiger partial charge in [-0.25, -0.2) is 0 Å². The summed E-state index contributed by atoms with van der Waals surface area (Å²) in [5.74, 6) is 0.863. The Kier molecular flexibility index (Phi) is 4.12. The second-order valence-corrected chi connectivity index (χ2v) is 6.41. The molecule has 0 bridgehead atoms.